The van der Waals surface area contributed by atoms with Crippen molar-refractivity contribution in [3.8, 4) is 0 Å². The van der Waals surface area contributed by atoms with Crippen molar-refractivity contribution in [2.24, 2.45) is 5.92 Å². The summed E-state index contributed by atoms with van der Waals surface area (Å²) in [6.45, 7) is 0.538. The standard InChI is InChI=1S/C19H19Cl2FN2O3S/c20-15-3-1-2-13(10-15)12-28(26,27)24-8-6-14(7-9-24)19(25)23-16-4-5-18(22)17(21)11-16/h1-5,10-11,14H,6-9,12H2,(H,23,25). The molecule has 0 radical (unpaired) electrons. The summed E-state index contributed by atoms with van der Waals surface area (Å²) in [7, 11) is -3.49. The van der Waals surface area contributed by atoms with Gasteiger partial charge in [0, 0.05) is 29.7 Å². The first-order chi connectivity index (χ1) is 13.2. The number of nitrogens with zero attached hydrogens (tertiary/aromatic N) is 1. The van der Waals surface area contributed by atoms with Crippen molar-refractivity contribution in [1.82, 2.24) is 4.31 Å². The zero-order valence-electron chi connectivity index (χ0n) is 14.9. The maximum atomic E-state index is 13.2. The van der Waals surface area contributed by atoms with Gasteiger partial charge in [-0.3, -0.25) is 4.79 Å². The van der Waals surface area contributed by atoms with Gasteiger partial charge in [-0.25, -0.2) is 17.1 Å². The summed E-state index contributed by atoms with van der Waals surface area (Å²) in [5, 5.41) is 3.13. The molecule has 2 aromatic rings. The predicted octanol–water partition coefficient (Wildman–Crippen LogP) is 4.31. The second-order valence-corrected chi connectivity index (χ2v) is 9.49. The Hall–Kier alpha value is -1.67. The van der Waals surface area contributed by atoms with Crippen molar-refractivity contribution >= 4 is 44.8 Å². The normalized spacial score (nSPS) is 16.1. The van der Waals surface area contributed by atoms with Crippen molar-refractivity contribution in [2.75, 3.05) is 18.4 Å². The first-order valence-electron chi connectivity index (χ1n) is 8.73. The van der Waals surface area contributed by atoms with Crippen LogP contribution in [0.2, 0.25) is 10.0 Å². The average molecular weight is 445 g/mol. The zero-order chi connectivity index (χ0) is 20.3. The summed E-state index contributed by atoms with van der Waals surface area (Å²) in [6.07, 6.45) is 0.824. The number of nitrogens with one attached hydrogen (secondary N) is 1. The Labute approximate surface area is 173 Å². The van der Waals surface area contributed by atoms with Gasteiger partial charge < -0.3 is 5.32 Å². The smallest absolute Gasteiger partial charge is 0.227 e. The Kier molecular flexibility index (Phi) is 6.60. The number of hydrogen-bond acceptors (Lipinski definition) is 3. The molecule has 1 aliphatic rings. The van der Waals surface area contributed by atoms with Crippen LogP contribution in [0.1, 0.15) is 18.4 Å². The third kappa shape index (κ3) is 5.23. The average Bonchev–Trinajstić information content (AvgIpc) is 2.64. The van der Waals surface area contributed by atoms with Crippen LogP contribution in [0.4, 0.5) is 10.1 Å². The maximum absolute atomic E-state index is 13.2. The molecule has 1 fully saturated rings. The topological polar surface area (TPSA) is 66.5 Å². The van der Waals surface area contributed by atoms with E-state index in [2.05, 4.69) is 5.32 Å². The van der Waals surface area contributed by atoms with Crippen molar-refractivity contribution in [1.29, 1.82) is 0 Å². The highest BCUT2D eigenvalue weighted by Crippen LogP contribution is 2.25. The molecule has 5 nitrogen and oxygen atoms in total. The van der Waals surface area contributed by atoms with Crippen LogP contribution in [-0.2, 0) is 20.6 Å². The number of rotatable bonds is 5. The number of hydrogen-bond donors (Lipinski definition) is 1. The van der Waals surface area contributed by atoms with E-state index < -0.39 is 15.8 Å². The summed E-state index contributed by atoms with van der Waals surface area (Å²) in [4.78, 5) is 12.4. The molecule has 0 atom stereocenters. The molecule has 1 N–H and O–H groups in total. The van der Waals surface area contributed by atoms with Gasteiger partial charge in [0.05, 0.1) is 10.8 Å². The lowest BCUT2D eigenvalue weighted by Crippen LogP contribution is -2.41. The van der Waals surface area contributed by atoms with E-state index in [1.807, 2.05) is 0 Å². The van der Waals surface area contributed by atoms with Crippen molar-refractivity contribution in [3.63, 3.8) is 0 Å². The van der Waals surface area contributed by atoms with Gasteiger partial charge in [0.25, 0.3) is 0 Å². The second kappa shape index (κ2) is 8.78. The molecular weight excluding hydrogens is 426 g/mol. The lowest BCUT2D eigenvalue weighted by molar-refractivity contribution is -0.120. The lowest BCUT2D eigenvalue weighted by atomic mass is 9.97. The summed E-state index contributed by atoms with van der Waals surface area (Å²) in [5.74, 6) is -1.23. The molecule has 1 saturated heterocycles. The number of amides is 1. The van der Waals surface area contributed by atoms with Crippen molar-refractivity contribution in [3.05, 3.63) is 63.9 Å². The van der Waals surface area contributed by atoms with Crippen molar-refractivity contribution < 1.29 is 17.6 Å². The van der Waals surface area contributed by atoms with Crippen LogP contribution in [-0.4, -0.2) is 31.7 Å². The van der Waals surface area contributed by atoms with Crippen LogP contribution in [0, 0.1) is 11.7 Å². The van der Waals surface area contributed by atoms with Gasteiger partial charge in [-0.1, -0.05) is 35.3 Å². The third-order valence-electron chi connectivity index (χ3n) is 4.64. The quantitative estimate of drug-likeness (QED) is 0.746. The minimum atomic E-state index is -3.49. The SMILES string of the molecule is O=C(Nc1ccc(F)c(Cl)c1)C1CCN(S(=O)(=O)Cc2cccc(Cl)c2)CC1. The molecule has 28 heavy (non-hydrogen) atoms. The van der Waals surface area contributed by atoms with Gasteiger partial charge in [-0.2, -0.15) is 0 Å². The molecule has 0 saturated carbocycles. The van der Waals surface area contributed by atoms with E-state index in [9.17, 15) is 17.6 Å². The van der Waals surface area contributed by atoms with Crippen LogP contribution < -0.4 is 5.32 Å². The van der Waals surface area contributed by atoms with E-state index in [0.29, 0.717) is 29.1 Å². The van der Waals surface area contributed by atoms with Gasteiger partial charge in [0.2, 0.25) is 15.9 Å². The van der Waals surface area contributed by atoms with Gasteiger partial charge in [-0.15, -0.1) is 0 Å². The van der Waals surface area contributed by atoms with Crippen LogP contribution in [0.3, 0.4) is 0 Å². The molecule has 0 aliphatic carbocycles. The number of anilines is 1. The molecular formula is C19H19Cl2FN2O3S. The van der Waals surface area contributed by atoms with E-state index in [0.717, 1.165) is 0 Å². The fraction of sp³-hybridized carbons (Fsp3) is 0.316. The lowest BCUT2D eigenvalue weighted by Gasteiger charge is -2.30. The molecule has 1 amide bonds. The van der Waals surface area contributed by atoms with Crippen LogP contribution in [0.5, 0.6) is 0 Å². The Balaban J connectivity index is 1.57. The Bertz CT molecular complexity index is 977. The van der Waals surface area contributed by atoms with E-state index in [1.165, 1.54) is 22.5 Å². The minimum absolute atomic E-state index is 0.0697. The number of halogens is 3. The fourth-order valence-corrected chi connectivity index (χ4v) is 5.09. The highest BCUT2D eigenvalue weighted by Gasteiger charge is 2.31. The molecule has 0 unspecified atom stereocenters. The predicted molar refractivity (Wildman–Crippen MR) is 108 cm³/mol. The highest BCUT2D eigenvalue weighted by atomic mass is 35.5. The van der Waals surface area contributed by atoms with Gasteiger partial charge in [0.1, 0.15) is 5.82 Å². The van der Waals surface area contributed by atoms with E-state index in [-0.39, 0.29) is 35.7 Å². The molecule has 9 heteroatoms. The first-order valence-corrected chi connectivity index (χ1v) is 11.1. The number of sulfonamides is 1. The van der Waals surface area contributed by atoms with Crippen molar-refractivity contribution in [2.45, 2.75) is 18.6 Å². The maximum Gasteiger partial charge on any atom is 0.227 e. The second-order valence-electron chi connectivity index (χ2n) is 6.68. The largest absolute Gasteiger partial charge is 0.326 e. The number of piperidine rings is 1. The molecule has 150 valence electrons. The number of benzene rings is 2. The molecule has 1 aliphatic heterocycles. The zero-order valence-corrected chi connectivity index (χ0v) is 17.2. The molecule has 0 aromatic heterocycles. The summed E-state index contributed by atoms with van der Waals surface area (Å²) >= 11 is 11.6. The van der Waals surface area contributed by atoms with E-state index in [4.69, 9.17) is 23.2 Å². The molecule has 1 heterocycles. The Morgan fingerprint density at radius 2 is 1.86 bits per heavy atom. The third-order valence-corrected chi connectivity index (χ3v) is 7.02. The summed E-state index contributed by atoms with van der Waals surface area (Å²) in [5.41, 5.74) is 1.04. The molecule has 2 aromatic carbocycles. The minimum Gasteiger partial charge on any atom is -0.326 e. The highest BCUT2D eigenvalue weighted by molar-refractivity contribution is 7.88. The van der Waals surface area contributed by atoms with Crippen LogP contribution >= 0.6 is 23.2 Å². The van der Waals surface area contributed by atoms with Crippen LogP contribution in [0.25, 0.3) is 0 Å². The number of carbonyl (C=O) groups excluding carboxylic acids is 1. The Morgan fingerprint density at radius 3 is 2.50 bits per heavy atom. The van der Waals surface area contributed by atoms with Gasteiger partial charge in [0.15, 0.2) is 0 Å². The fourth-order valence-electron chi connectivity index (χ4n) is 3.14. The number of carbonyl (C=O) groups is 1. The van der Waals surface area contributed by atoms with E-state index >= 15 is 0 Å². The Morgan fingerprint density at radius 1 is 1.14 bits per heavy atom. The molecule has 0 spiro atoms. The monoisotopic (exact) mass is 444 g/mol. The summed E-state index contributed by atoms with van der Waals surface area (Å²) < 4.78 is 39.9. The van der Waals surface area contributed by atoms with Gasteiger partial charge >= 0.3 is 0 Å². The molecule has 3 rings (SSSR count). The first kappa shape index (κ1) is 21.0. The molecule has 0 bridgehead atoms. The van der Waals surface area contributed by atoms with E-state index in [1.54, 1.807) is 24.3 Å². The summed E-state index contributed by atoms with van der Waals surface area (Å²) in [6, 6.07) is 10.7. The van der Waals surface area contributed by atoms with Gasteiger partial charge in [-0.05, 0) is 48.7 Å². The van der Waals surface area contributed by atoms with Crippen LogP contribution in [0.15, 0.2) is 42.5 Å².